The fourth-order valence-electron chi connectivity index (χ4n) is 4.21. The Bertz CT molecular complexity index is 460. The fraction of sp³-hybridized carbons (Fsp3) is 0.647. The molecular weight excluding hydrogens is 253 g/mol. The summed E-state index contributed by atoms with van der Waals surface area (Å²) in [6, 6.07) is 7.31. The SMILES string of the molecule is CCNCC1(c2ccccc2F)CC2(CCOCC2)C1. The molecule has 0 bridgehead atoms. The second-order valence-corrected chi connectivity index (χ2v) is 6.51. The molecule has 0 amide bonds. The minimum absolute atomic E-state index is 0.0152. The van der Waals surface area contributed by atoms with Gasteiger partial charge in [-0.3, -0.25) is 0 Å². The van der Waals surface area contributed by atoms with Crippen LogP contribution >= 0.6 is 0 Å². The Balaban J connectivity index is 1.83. The number of rotatable bonds is 4. The lowest BCUT2D eigenvalue weighted by molar-refractivity contribution is -0.0744. The van der Waals surface area contributed by atoms with Crippen LogP contribution in [0.2, 0.25) is 0 Å². The van der Waals surface area contributed by atoms with Crippen molar-refractivity contribution in [2.24, 2.45) is 5.41 Å². The molecule has 0 aromatic heterocycles. The van der Waals surface area contributed by atoms with Crippen molar-refractivity contribution in [3.05, 3.63) is 35.6 Å². The molecular formula is C17H24FNO. The molecule has 1 aliphatic heterocycles. The summed E-state index contributed by atoms with van der Waals surface area (Å²) in [5.41, 5.74) is 1.28. The zero-order chi connectivity index (χ0) is 14.1. The van der Waals surface area contributed by atoms with Gasteiger partial charge in [0.15, 0.2) is 0 Å². The molecule has 0 atom stereocenters. The number of benzene rings is 1. The maximum Gasteiger partial charge on any atom is 0.127 e. The molecule has 2 nitrogen and oxygen atoms in total. The molecule has 20 heavy (non-hydrogen) atoms. The van der Waals surface area contributed by atoms with Crippen molar-refractivity contribution < 1.29 is 9.13 Å². The van der Waals surface area contributed by atoms with E-state index in [1.165, 1.54) is 0 Å². The maximum absolute atomic E-state index is 14.2. The van der Waals surface area contributed by atoms with Crippen LogP contribution in [0.25, 0.3) is 0 Å². The van der Waals surface area contributed by atoms with Gasteiger partial charge in [0.1, 0.15) is 5.82 Å². The van der Waals surface area contributed by atoms with E-state index in [4.69, 9.17) is 4.74 Å². The van der Waals surface area contributed by atoms with Gasteiger partial charge >= 0.3 is 0 Å². The number of hydrogen-bond acceptors (Lipinski definition) is 2. The molecule has 1 heterocycles. The van der Waals surface area contributed by atoms with Crippen LogP contribution in [0.15, 0.2) is 24.3 Å². The van der Waals surface area contributed by atoms with Crippen molar-refractivity contribution in [1.82, 2.24) is 5.32 Å². The molecule has 1 N–H and O–H groups in total. The third kappa shape index (κ3) is 2.38. The molecule has 1 aliphatic carbocycles. The minimum atomic E-state index is -0.0488. The zero-order valence-corrected chi connectivity index (χ0v) is 12.3. The molecule has 110 valence electrons. The topological polar surface area (TPSA) is 21.3 Å². The Morgan fingerprint density at radius 1 is 1.20 bits per heavy atom. The largest absolute Gasteiger partial charge is 0.381 e. The summed E-state index contributed by atoms with van der Waals surface area (Å²) in [7, 11) is 0. The van der Waals surface area contributed by atoms with Crippen LogP contribution in [-0.2, 0) is 10.2 Å². The lowest BCUT2D eigenvalue weighted by Gasteiger charge is -2.58. The van der Waals surface area contributed by atoms with E-state index >= 15 is 0 Å². The van der Waals surface area contributed by atoms with E-state index in [2.05, 4.69) is 12.2 Å². The van der Waals surface area contributed by atoms with E-state index in [1.807, 2.05) is 12.1 Å². The van der Waals surface area contributed by atoms with Crippen molar-refractivity contribution in [2.45, 2.75) is 38.0 Å². The van der Waals surface area contributed by atoms with Gasteiger partial charge in [-0.15, -0.1) is 0 Å². The smallest absolute Gasteiger partial charge is 0.127 e. The normalized spacial score (nSPS) is 23.5. The summed E-state index contributed by atoms with van der Waals surface area (Å²) in [5, 5.41) is 3.44. The van der Waals surface area contributed by atoms with Gasteiger partial charge in [-0.25, -0.2) is 4.39 Å². The predicted molar refractivity (Wildman–Crippen MR) is 78.3 cm³/mol. The van der Waals surface area contributed by atoms with Crippen molar-refractivity contribution >= 4 is 0 Å². The third-order valence-corrected chi connectivity index (χ3v) is 5.14. The Morgan fingerprint density at radius 2 is 1.90 bits per heavy atom. The van der Waals surface area contributed by atoms with E-state index in [9.17, 15) is 4.39 Å². The van der Waals surface area contributed by atoms with Crippen LogP contribution in [0.5, 0.6) is 0 Å². The highest BCUT2D eigenvalue weighted by Crippen LogP contribution is 2.60. The van der Waals surface area contributed by atoms with Crippen LogP contribution in [-0.4, -0.2) is 26.3 Å². The Morgan fingerprint density at radius 3 is 2.55 bits per heavy atom. The Hall–Kier alpha value is -0.930. The molecule has 1 spiro atoms. The Kier molecular flexibility index (Phi) is 3.83. The van der Waals surface area contributed by atoms with Gasteiger partial charge in [-0.1, -0.05) is 25.1 Å². The van der Waals surface area contributed by atoms with Gasteiger partial charge in [0.25, 0.3) is 0 Å². The standard InChI is InChI=1S/C17H24FNO/c1-2-19-13-17(14-5-3-4-6-15(14)18)11-16(12-17)7-9-20-10-8-16/h3-6,19H,2,7-13H2,1H3. The highest BCUT2D eigenvalue weighted by atomic mass is 19.1. The summed E-state index contributed by atoms with van der Waals surface area (Å²) in [5.74, 6) is -0.0488. The van der Waals surface area contributed by atoms with Crippen LogP contribution in [0.4, 0.5) is 4.39 Å². The molecule has 1 saturated heterocycles. The summed E-state index contributed by atoms with van der Waals surface area (Å²) in [4.78, 5) is 0. The maximum atomic E-state index is 14.2. The lowest BCUT2D eigenvalue weighted by atomic mass is 9.48. The number of likely N-dealkylation sites (N-methyl/N-ethyl adjacent to an activating group) is 1. The number of ether oxygens (including phenoxy) is 1. The summed E-state index contributed by atoms with van der Waals surface area (Å²) in [6.07, 6.45) is 4.46. The van der Waals surface area contributed by atoms with Gasteiger partial charge in [0.2, 0.25) is 0 Å². The lowest BCUT2D eigenvalue weighted by Crippen LogP contribution is -2.56. The zero-order valence-electron chi connectivity index (χ0n) is 12.3. The van der Waals surface area contributed by atoms with Gasteiger partial charge in [-0.05, 0) is 49.3 Å². The first-order chi connectivity index (χ1) is 9.70. The van der Waals surface area contributed by atoms with Crippen LogP contribution in [0.3, 0.4) is 0 Å². The molecule has 1 saturated carbocycles. The van der Waals surface area contributed by atoms with Crippen LogP contribution in [0.1, 0.15) is 38.2 Å². The molecule has 0 radical (unpaired) electrons. The van der Waals surface area contributed by atoms with Crippen LogP contribution < -0.4 is 5.32 Å². The first-order valence-electron chi connectivity index (χ1n) is 7.73. The van der Waals surface area contributed by atoms with Gasteiger partial charge < -0.3 is 10.1 Å². The first-order valence-corrected chi connectivity index (χ1v) is 7.73. The van der Waals surface area contributed by atoms with Crippen molar-refractivity contribution in [3.63, 3.8) is 0 Å². The summed E-state index contributed by atoms with van der Waals surface area (Å²) in [6.45, 7) is 5.67. The fourth-order valence-corrected chi connectivity index (χ4v) is 4.21. The molecule has 2 aliphatic rings. The first kappa shape index (κ1) is 14.0. The molecule has 1 aromatic carbocycles. The molecule has 3 heteroatoms. The second kappa shape index (κ2) is 5.45. The number of halogens is 1. The molecule has 3 rings (SSSR count). The van der Waals surface area contributed by atoms with E-state index in [1.54, 1.807) is 12.1 Å². The van der Waals surface area contributed by atoms with Crippen molar-refractivity contribution in [1.29, 1.82) is 0 Å². The third-order valence-electron chi connectivity index (χ3n) is 5.14. The molecule has 2 fully saturated rings. The van der Waals surface area contributed by atoms with E-state index in [0.717, 1.165) is 57.6 Å². The van der Waals surface area contributed by atoms with Gasteiger partial charge in [0, 0.05) is 25.2 Å². The van der Waals surface area contributed by atoms with Gasteiger partial charge in [-0.2, -0.15) is 0 Å². The molecule has 1 aromatic rings. The second-order valence-electron chi connectivity index (χ2n) is 6.51. The van der Waals surface area contributed by atoms with Gasteiger partial charge in [0.05, 0.1) is 0 Å². The highest BCUT2D eigenvalue weighted by Gasteiger charge is 2.55. The monoisotopic (exact) mass is 277 g/mol. The summed E-state index contributed by atoms with van der Waals surface area (Å²) < 4.78 is 19.7. The highest BCUT2D eigenvalue weighted by molar-refractivity contribution is 5.33. The number of nitrogens with one attached hydrogen (secondary N) is 1. The van der Waals surface area contributed by atoms with Crippen LogP contribution in [0, 0.1) is 11.2 Å². The summed E-state index contributed by atoms with van der Waals surface area (Å²) >= 11 is 0. The minimum Gasteiger partial charge on any atom is -0.381 e. The van der Waals surface area contributed by atoms with E-state index < -0.39 is 0 Å². The number of hydrogen-bond donors (Lipinski definition) is 1. The molecule has 0 unspecified atom stereocenters. The van der Waals surface area contributed by atoms with E-state index in [0.29, 0.717) is 5.41 Å². The average molecular weight is 277 g/mol. The quantitative estimate of drug-likeness (QED) is 0.912. The van der Waals surface area contributed by atoms with E-state index in [-0.39, 0.29) is 11.2 Å². The average Bonchev–Trinajstić information content (AvgIpc) is 2.44. The Labute approximate surface area is 120 Å². The van der Waals surface area contributed by atoms with Crippen molar-refractivity contribution in [2.75, 3.05) is 26.3 Å². The van der Waals surface area contributed by atoms with Crippen molar-refractivity contribution in [3.8, 4) is 0 Å². The predicted octanol–water partition coefficient (Wildman–Crippen LogP) is 3.26.